The molecule has 24 heavy (non-hydrogen) atoms. The van der Waals surface area contributed by atoms with Crippen LogP contribution in [0.3, 0.4) is 0 Å². The van der Waals surface area contributed by atoms with Crippen LogP contribution in [0, 0.1) is 3.57 Å². The number of nitrogens with zero attached hydrogens (tertiary/aromatic N) is 2. The number of hydrogen-bond donors (Lipinski definition) is 0. The molecule has 0 bridgehead atoms. The van der Waals surface area contributed by atoms with Gasteiger partial charge in [-0.15, -0.1) is 0 Å². The molecule has 1 aliphatic heterocycles. The third kappa shape index (κ3) is 3.89. The van der Waals surface area contributed by atoms with E-state index in [0.29, 0.717) is 6.54 Å². The van der Waals surface area contributed by atoms with Crippen LogP contribution in [0.15, 0.2) is 64.5 Å². The first-order chi connectivity index (χ1) is 11.7. The highest BCUT2D eigenvalue weighted by Crippen LogP contribution is 2.34. The Morgan fingerprint density at radius 2 is 1.83 bits per heavy atom. The standard InChI is InChI=1S/C19H17IN2OS/c1-2-12-22-18(23)17(13-14-8-6-7-11-16(14)20)24-19(22)21-15-9-4-3-5-10-15/h3-11,13H,2,12H2,1H3. The Labute approximate surface area is 160 Å². The molecule has 1 aliphatic rings. The molecule has 1 fully saturated rings. The molecule has 122 valence electrons. The first-order valence-corrected chi connectivity index (χ1v) is 9.68. The Morgan fingerprint density at radius 3 is 2.54 bits per heavy atom. The van der Waals surface area contributed by atoms with Crippen LogP contribution in [0.1, 0.15) is 18.9 Å². The van der Waals surface area contributed by atoms with E-state index < -0.39 is 0 Å². The highest BCUT2D eigenvalue weighted by atomic mass is 127. The van der Waals surface area contributed by atoms with E-state index in [1.54, 1.807) is 4.90 Å². The van der Waals surface area contributed by atoms with Crippen LogP contribution in [0.4, 0.5) is 5.69 Å². The summed E-state index contributed by atoms with van der Waals surface area (Å²) < 4.78 is 1.13. The summed E-state index contributed by atoms with van der Waals surface area (Å²) >= 11 is 3.74. The fraction of sp³-hybridized carbons (Fsp3) is 0.158. The second-order valence-electron chi connectivity index (χ2n) is 5.32. The minimum Gasteiger partial charge on any atom is -0.286 e. The lowest BCUT2D eigenvalue weighted by molar-refractivity contribution is -0.122. The average molecular weight is 448 g/mol. The van der Waals surface area contributed by atoms with Crippen molar-refractivity contribution in [2.24, 2.45) is 4.99 Å². The lowest BCUT2D eigenvalue weighted by Gasteiger charge is -2.13. The second kappa shape index (κ2) is 7.98. The molecule has 0 unspecified atom stereocenters. The van der Waals surface area contributed by atoms with Crippen LogP contribution < -0.4 is 0 Å². The number of benzene rings is 2. The average Bonchev–Trinajstić information content (AvgIpc) is 2.87. The number of carbonyl (C=O) groups excluding carboxylic acids is 1. The van der Waals surface area contributed by atoms with Crippen molar-refractivity contribution in [2.45, 2.75) is 13.3 Å². The Hall–Kier alpha value is -1.60. The van der Waals surface area contributed by atoms with E-state index >= 15 is 0 Å². The van der Waals surface area contributed by atoms with Crippen molar-refractivity contribution >= 4 is 57.2 Å². The van der Waals surface area contributed by atoms with E-state index in [9.17, 15) is 4.79 Å². The molecule has 2 aromatic rings. The third-order valence-corrected chi connectivity index (χ3v) is 5.50. The highest BCUT2D eigenvalue weighted by molar-refractivity contribution is 14.1. The zero-order valence-corrected chi connectivity index (χ0v) is 16.3. The predicted molar refractivity (Wildman–Crippen MR) is 110 cm³/mol. The Kier molecular flexibility index (Phi) is 5.73. The van der Waals surface area contributed by atoms with Gasteiger partial charge in [-0.05, 0) is 70.6 Å². The van der Waals surface area contributed by atoms with Gasteiger partial charge in [0.05, 0.1) is 10.6 Å². The van der Waals surface area contributed by atoms with Gasteiger partial charge in [-0.3, -0.25) is 9.69 Å². The summed E-state index contributed by atoms with van der Waals surface area (Å²) in [5.74, 6) is 0.0381. The van der Waals surface area contributed by atoms with E-state index in [2.05, 4.69) is 34.5 Å². The first-order valence-electron chi connectivity index (χ1n) is 7.78. The summed E-state index contributed by atoms with van der Waals surface area (Å²) in [6.07, 6.45) is 2.86. The molecule has 5 heteroatoms. The van der Waals surface area contributed by atoms with E-state index in [1.165, 1.54) is 11.8 Å². The van der Waals surface area contributed by atoms with Gasteiger partial charge in [0, 0.05) is 10.1 Å². The van der Waals surface area contributed by atoms with Crippen molar-refractivity contribution in [3.05, 3.63) is 68.6 Å². The Balaban J connectivity index is 1.95. The van der Waals surface area contributed by atoms with Crippen LogP contribution in [0.5, 0.6) is 0 Å². The summed E-state index contributed by atoms with van der Waals surface area (Å²) in [4.78, 5) is 19.9. The maximum absolute atomic E-state index is 12.8. The summed E-state index contributed by atoms with van der Waals surface area (Å²) in [5.41, 5.74) is 1.93. The van der Waals surface area contributed by atoms with Crippen LogP contribution in [0.2, 0.25) is 0 Å². The number of aliphatic imine (C=N–C) groups is 1. The molecule has 3 rings (SSSR count). The molecular formula is C19H17IN2OS. The van der Waals surface area contributed by atoms with Crippen LogP contribution in [-0.2, 0) is 4.79 Å². The summed E-state index contributed by atoms with van der Waals surface area (Å²) in [6.45, 7) is 2.75. The van der Waals surface area contributed by atoms with Crippen molar-refractivity contribution in [1.82, 2.24) is 4.90 Å². The molecule has 1 amide bonds. The zero-order chi connectivity index (χ0) is 16.9. The van der Waals surface area contributed by atoms with Crippen LogP contribution >= 0.6 is 34.4 Å². The third-order valence-electron chi connectivity index (χ3n) is 3.51. The van der Waals surface area contributed by atoms with Gasteiger partial charge < -0.3 is 0 Å². The number of halogens is 1. The van der Waals surface area contributed by atoms with E-state index in [4.69, 9.17) is 0 Å². The first kappa shape index (κ1) is 17.2. The fourth-order valence-corrected chi connectivity index (χ4v) is 3.92. The van der Waals surface area contributed by atoms with Gasteiger partial charge in [0.25, 0.3) is 5.91 Å². The maximum Gasteiger partial charge on any atom is 0.266 e. The smallest absolute Gasteiger partial charge is 0.266 e. The van der Waals surface area contributed by atoms with Crippen molar-refractivity contribution in [3.63, 3.8) is 0 Å². The predicted octanol–water partition coefficient (Wildman–Crippen LogP) is 5.31. The summed E-state index contributed by atoms with van der Waals surface area (Å²) in [5, 5.41) is 0.755. The van der Waals surface area contributed by atoms with Gasteiger partial charge in [0.1, 0.15) is 0 Å². The molecule has 0 aromatic heterocycles. The Bertz CT molecular complexity index is 802. The molecule has 0 atom stereocenters. The van der Waals surface area contributed by atoms with Gasteiger partial charge in [-0.2, -0.15) is 0 Å². The Morgan fingerprint density at radius 1 is 1.12 bits per heavy atom. The molecule has 3 nitrogen and oxygen atoms in total. The fourth-order valence-electron chi connectivity index (χ4n) is 2.36. The minimum atomic E-state index is 0.0381. The molecule has 2 aromatic carbocycles. The monoisotopic (exact) mass is 448 g/mol. The molecule has 1 saturated heterocycles. The van der Waals surface area contributed by atoms with Gasteiger partial charge in [-0.1, -0.05) is 43.3 Å². The number of hydrogen-bond acceptors (Lipinski definition) is 3. The van der Waals surface area contributed by atoms with Crippen molar-refractivity contribution in [1.29, 1.82) is 0 Å². The number of amidine groups is 1. The largest absolute Gasteiger partial charge is 0.286 e. The molecule has 0 radical (unpaired) electrons. The molecule has 1 heterocycles. The van der Waals surface area contributed by atoms with Gasteiger partial charge in [0.15, 0.2) is 5.17 Å². The van der Waals surface area contributed by atoms with Crippen molar-refractivity contribution in [2.75, 3.05) is 6.54 Å². The van der Waals surface area contributed by atoms with E-state index in [-0.39, 0.29) is 5.91 Å². The van der Waals surface area contributed by atoms with Gasteiger partial charge >= 0.3 is 0 Å². The van der Waals surface area contributed by atoms with Crippen LogP contribution in [-0.4, -0.2) is 22.5 Å². The normalized spacial score (nSPS) is 17.9. The number of rotatable bonds is 4. The second-order valence-corrected chi connectivity index (χ2v) is 7.49. The summed E-state index contributed by atoms with van der Waals surface area (Å²) in [7, 11) is 0. The lowest BCUT2D eigenvalue weighted by Crippen LogP contribution is -2.29. The van der Waals surface area contributed by atoms with Crippen molar-refractivity contribution < 1.29 is 4.79 Å². The highest BCUT2D eigenvalue weighted by Gasteiger charge is 2.32. The lowest BCUT2D eigenvalue weighted by atomic mass is 10.2. The maximum atomic E-state index is 12.8. The minimum absolute atomic E-state index is 0.0381. The topological polar surface area (TPSA) is 32.7 Å². The number of thioether (sulfide) groups is 1. The zero-order valence-electron chi connectivity index (χ0n) is 13.3. The quantitative estimate of drug-likeness (QED) is 0.470. The summed E-state index contributed by atoms with van der Waals surface area (Å²) in [6, 6.07) is 17.8. The molecule has 0 spiro atoms. The number of para-hydroxylation sites is 1. The van der Waals surface area contributed by atoms with E-state index in [1.807, 2.05) is 60.7 Å². The van der Waals surface area contributed by atoms with Crippen molar-refractivity contribution in [3.8, 4) is 0 Å². The SMILES string of the molecule is CCCN1C(=O)C(=Cc2ccccc2I)SC1=Nc1ccccc1. The molecular weight excluding hydrogens is 431 g/mol. The number of carbonyl (C=O) groups is 1. The number of amides is 1. The van der Waals surface area contributed by atoms with Gasteiger partial charge in [0.2, 0.25) is 0 Å². The molecule has 0 N–H and O–H groups in total. The molecule has 0 aliphatic carbocycles. The molecule has 0 saturated carbocycles. The van der Waals surface area contributed by atoms with E-state index in [0.717, 1.165) is 31.3 Å². The van der Waals surface area contributed by atoms with Crippen LogP contribution in [0.25, 0.3) is 6.08 Å². The van der Waals surface area contributed by atoms with Gasteiger partial charge in [-0.25, -0.2) is 4.99 Å².